The Labute approximate surface area is 738 Å². The molecular weight excluding hydrogens is 1520 g/mol. The molecule has 0 aliphatic rings. The minimum atomic E-state index is -4.83. The second-order valence-corrected chi connectivity index (χ2v) is 32.9. The number of amides is 4. The van der Waals surface area contributed by atoms with Crippen molar-refractivity contribution in [1.29, 1.82) is 0 Å². The van der Waals surface area contributed by atoms with Crippen molar-refractivity contribution in [1.82, 2.24) is 21.3 Å². The van der Waals surface area contributed by atoms with Gasteiger partial charge in [0.2, 0.25) is 23.6 Å². The maximum absolute atomic E-state index is 13.3. The molecule has 4 amide bonds. The second kappa shape index (κ2) is 85.7. The van der Waals surface area contributed by atoms with Gasteiger partial charge in [-0.15, -0.1) is 0 Å². The van der Waals surface area contributed by atoms with E-state index in [1.165, 1.54) is 89.9 Å². The minimum absolute atomic E-state index is 0. The van der Waals surface area contributed by atoms with Crippen LogP contribution in [0.2, 0.25) is 0 Å². The number of ether oxygens (including phenoxy) is 4. The van der Waals surface area contributed by atoms with Gasteiger partial charge < -0.3 is 52.9 Å². The molecule has 660 valence electrons. The molecule has 0 fully saturated rings. The predicted molar refractivity (Wildman–Crippen MR) is 451 cm³/mol. The molecule has 0 spiro atoms. The Morgan fingerprint density at radius 3 is 0.947 bits per heavy atom. The van der Waals surface area contributed by atoms with Crippen LogP contribution in [0.1, 0.15) is 392 Å². The summed E-state index contributed by atoms with van der Waals surface area (Å²) in [7, 11) is -9.66. The Morgan fingerprint density at radius 1 is 0.333 bits per heavy atom. The van der Waals surface area contributed by atoms with Crippen LogP contribution in [0.25, 0.3) is 0 Å². The number of ketones is 2. The fourth-order valence-corrected chi connectivity index (χ4v) is 14.0. The van der Waals surface area contributed by atoms with Gasteiger partial charge in [-0.3, -0.25) is 56.5 Å². The van der Waals surface area contributed by atoms with Crippen molar-refractivity contribution >= 4 is 62.8 Å². The van der Waals surface area contributed by atoms with Gasteiger partial charge in [-0.25, -0.2) is 9.13 Å². The molecule has 0 aliphatic heterocycles. The van der Waals surface area contributed by atoms with E-state index >= 15 is 0 Å². The van der Waals surface area contributed by atoms with Crippen LogP contribution in [0.15, 0.2) is 24.3 Å². The van der Waals surface area contributed by atoms with Gasteiger partial charge in [-0.05, 0) is 89.9 Å². The number of hydrogen-bond donors (Lipinski definition) is 6. The average Bonchev–Trinajstić information content (AvgIpc) is 0.908. The number of esters is 2. The van der Waals surface area contributed by atoms with E-state index in [9.17, 15) is 57.3 Å². The van der Waals surface area contributed by atoms with Crippen molar-refractivity contribution in [3.8, 4) is 0 Å². The normalized spacial score (nSPS) is 13.5. The van der Waals surface area contributed by atoms with Gasteiger partial charge in [-0.1, -0.05) is 266 Å². The SMILES string of the molecule is C.CCCCCC/C=C\CCCC(=O)O[C@H](CCCCCCC)CCOCC(COP(=O)(O)OCCNC(=O)CC(=O)NCCOP(=O)(O)OCC(COCC[C@@H](CCCCCCC)OC(=O)CCC/C=C\CCCCCC)NC(=O)CC(=O)CCCCCCCCCCC)NC(=O)CC(=O)CCCCCCCCCCC.[H-].[H-].[Na+].[Na+]. The first kappa shape index (κ1) is 118. The molecule has 0 aromatic heterocycles. The molecule has 6 atom stereocenters. The Hall–Kier alpha value is -2.22. The van der Waals surface area contributed by atoms with Crippen LogP contribution in [-0.2, 0) is 84.5 Å². The molecule has 114 heavy (non-hydrogen) atoms. The summed E-state index contributed by atoms with van der Waals surface area (Å²) in [6.07, 6.45) is 53.7. The van der Waals surface area contributed by atoms with Crippen molar-refractivity contribution in [2.45, 2.75) is 414 Å². The first-order valence-electron chi connectivity index (χ1n) is 43.9. The van der Waals surface area contributed by atoms with Crippen LogP contribution in [0, 0.1) is 0 Å². The molecule has 0 rings (SSSR count). The van der Waals surface area contributed by atoms with Crippen LogP contribution < -0.4 is 80.4 Å². The number of allylic oxidation sites excluding steroid dienone is 4. The van der Waals surface area contributed by atoms with Gasteiger partial charge in [0.1, 0.15) is 30.2 Å². The summed E-state index contributed by atoms with van der Waals surface area (Å²) < 4.78 is 71.0. The Balaban J connectivity index is -0.00000605. The van der Waals surface area contributed by atoms with Gasteiger partial charge in [-0.2, -0.15) is 0 Å². The summed E-state index contributed by atoms with van der Waals surface area (Å²) >= 11 is 0. The molecule has 6 N–H and O–H groups in total. The maximum atomic E-state index is 13.3. The molecule has 0 heterocycles. The number of carbonyl (C=O) groups is 8. The molecule has 0 aliphatic carbocycles. The average molecular weight is 1680 g/mol. The molecular formula is C86H164N4Na2O20P2. The van der Waals surface area contributed by atoms with E-state index in [0.717, 1.165) is 154 Å². The van der Waals surface area contributed by atoms with Gasteiger partial charge in [0.05, 0.1) is 77.8 Å². The first-order valence-corrected chi connectivity index (χ1v) is 46.9. The fourth-order valence-electron chi connectivity index (χ4n) is 12.5. The topological polar surface area (TPSA) is 333 Å². The Bertz CT molecular complexity index is 2360. The monoisotopic (exact) mass is 1680 g/mol. The smallest absolute Gasteiger partial charge is 1.00 e. The van der Waals surface area contributed by atoms with Crippen molar-refractivity contribution in [3.05, 3.63) is 24.3 Å². The molecule has 0 radical (unpaired) electrons. The van der Waals surface area contributed by atoms with E-state index in [1.807, 2.05) is 0 Å². The Kier molecular flexibility index (Phi) is 88.8. The molecule has 0 aromatic rings. The summed E-state index contributed by atoms with van der Waals surface area (Å²) in [6, 6.07) is -2.00. The number of nitrogens with one attached hydrogen (secondary N) is 4. The van der Waals surface area contributed by atoms with E-state index in [1.54, 1.807) is 0 Å². The number of carbonyl (C=O) groups excluding carboxylic acids is 8. The maximum Gasteiger partial charge on any atom is 1.00 e. The molecule has 0 bridgehead atoms. The van der Waals surface area contributed by atoms with Gasteiger partial charge in [0.15, 0.2) is 0 Å². The second-order valence-electron chi connectivity index (χ2n) is 30.0. The summed E-state index contributed by atoms with van der Waals surface area (Å²) in [4.78, 5) is 125. The van der Waals surface area contributed by atoms with Crippen LogP contribution in [0.4, 0.5) is 0 Å². The zero-order chi connectivity index (χ0) is 81.8. The number of Topliss-reactive ketones (excluding diaryl/α,β-unsaturated/α-hetero) is 2. The number of hydrogen-bond acceptors (Lipinski definition) is 18. The molecule has 0 aromatic carbocycles. The van der Waals surface area contributed by atoms with E-state index in [2.05, 4.69) is 87.1 Å². The standard InChI is InChI=1S/C85H158N4O20P2.CH4.2Na.2H/c1-7-13-19-25-29-33-37-43-47-53-76(90)67-82(94)88-74(70-102-63-59-78(55-49-41-23-17-11-5)108-84(96)57-51-45-39-35-31-27-21-15-9-3)72-106-110(98,99)104-65-61-86-80(92)69-81(93)87-62-66-105-111(100,101)107-73-75(89-83(95)68-77(91)54-48-44-38-34-30-26-20-14-8-2)71-103-64-60-79(56-50-42-24-18-12-6)109-85(97)58-52-46-40-36-32-28-22-16-10-4;;;;;/h35-36,39-40,74-75,78-79H,7-34,37-38,41-73H2,1-6H3,(H,86,92)(H,87,93)(H,88,94)(H,89,95)(H,98,99)(H,100,101);1H4;;;;/q;;2*+1;2*-1/b39-35-,40-36-;;;;;/t74?,75?,78-,79-;;;;;/m1...../s1. The number of phosphoric ester groups is 2. The third kappa shape index (κ3) is 82.1. The quantitative estimate of drug-likeness (QED) is 0.00823. The van der Waals surface area contributed by atoms with Crippen molar-refractivity contribution < 1.29 is 156 Å². The summed E-state index contributed by atoms with van der Waals surface area (Å²) in [5, 5.41) is 10.2. The van der Waals surface area contributed by atoms with Crippen LogP contribution in [0.5, 0.6) is 0 Å². The molecule has 0 saturated carbocycles. The minimum Gasteiger partial charge on any atom is -1.00 e. The van der Waals surface area contributed by atoms with Crippen LogP contribution in [0.3, 0.4) is 0 Å². The van der Waals surface area contributed by atoms with Crippen molar-refractivity contribution in [3.63, 3.8) is 0 Å². The largest absolute Gasteiger partial charge is 1.00 e. The zero-order valence-corrected chi connectivity index (χ0v) is 78.1. The van der Waals surface area contributed by atoms with Gasteiger partial charge in [0, 0.05) is 51.6 Å². The van der Waals surface area contributed by atoms with E-state index in [0.29, 0.717) is 64.2 Å². The predicted octanol–water partition coefficient (Wildman–Crippen LogP) is 14.2. The zero-order valence-electron chi connectivity index (χ0n) is 74.3. The fraction of sp³-hybridized carbons (Fsp3) is 0.860. The summed E-state index contributed by atoms with van der Waals surface area (Å²) in [5.74, 6) is -3.82. The third-order valence-corrected chi connectivity index (χ3v) is 21.0. The Morgan fingerprint density at radius 2 is 0.623 bits per heavy atom. The van der Waals surface area contributed by atoms with Crippen molar-refractivity contribution in [2.24, 2.45) is 0 Å². The van der Waals surface area contributed by atoms with E-state index in [-0.39, 0.29) is 145 Å². The molecule has 0 saturated heterocycles. The van der Waals surface area contributed by atoms with Crippen molar-refractivity contribution in [2.75, 3.05) is 65.9 Å². The number of phosphoric acid groups is 2. The molecule has 24 nitrogen and oxygen atoms in total. The third-order valence-electron chi connectivity index (χ3n) is 19.1. The van der Waals surface area contributed by atoms with Gasteiger partial charge >= 0.3 is 86.7 Å². The van der Waals surface area contributed by atoms with Gasteiger partial charge in [0.25, 0.3) is 0 Å². The number of rotatable bonds is 84. The molecule has 28 heteroatoms. The summed E-state index contributed by atoms with van der Waals surface area (Å²) in [5.41, 5.74) is 0. The van der Waals surface area contributed by atoms with Crippen LogP contribution >= 0.6 is 15.6 Å². The van der Waals surface area contributed by atoms with E-state index < -0.39 is 109 Å². The number of unbranched alkanes of at least 4 members (excludes halogenated alkanes) is 34. The molecule has 4 unspecified atom stereocenters. The van der Waals surface area contributed by atoms with Crippen LogP contribution in [-0.4, -0.2) is 147 Å². The van der Waals surface area contributed by atoms with E-state index in [4.69, 9.17) is 37.0 Å². The first-order chi connectivity index (χ1) is 53.7. The summed E-state index contributed by atoms with van der Waals surface area (Å²) in [6.45, 7) is 10.1.